The van der Waals surface area contributed by atoms with E-state index in [-0.39, 0.29) is 29.9 Å². The maximum absolute atomic E-state index is 13.2. The lowest BCUT2D eigenvalue weighted by atomic mass is 9.80. The van der Waals surface area contributed by atoms with Crippen molar-refractivity contribution in [1.82, 2.24) is 30.3 Å². The van der Waals surface area contributed by atoms with Crippen LogP contribution in [-0.2, 0) is 9.59 Å². The van der Waals surface area contributed by atoms with Gasteiger partial charge in [0.15, 0.2) is 0 Å². The maximum atomic E-state index is 13.2. The summed E-state index contributed by atoms with van der Waals surface area (Å²) in [4.78, 5) is 55.8. The summed E-state index contributed by atoms with van der Waals surface area (Å²) in [5, 5.41) is 14.3. The van der Waals surface area contributed by atoms with Crippen LogP contribution in [-0.4, -0.2) is 69.0 Å². The highest BCUT2D eigenvalue weighted by molar-refractivity contribution is 6.23. The van der Waals surface area contributed by atoms with Gasteiger partial charge in [0, 0.05) is 42.0 Å². The number of amides is 4. The van der Waals surface area contributed by atoms with Gasteiger partial charge in [0.1, 0.15) is 6.04 Å². The molecule has 222 valence electrons. The molecule has 3 aromatic rings. The minimum atomic E-state index is -0.965. The molecule has 4 aliphatic rings. The molecule has 1 aliphatic carbocycles. The number of aromatic nitrogens is 3. The Kier molecular flexibility index (Phi) is 7.04. The molecule has 0 radical (unpaired) electrons. The molecule has 11 heteroatoms. The molecule has 2 aromatic heterocycles. The van der Waals surface area contributed by atoms with Gasteiger partial charge in [-0.2, -0.15) is 5.10 Å². The van der Waals surface area contributed by atoms with E-state index >= 15 is 0 Å². The predicted octanol–water partition coefficient (Wildman–Crippen LogP) is 3.18. The van der Waals surface area contributed by atoms with Crippen LogP contribution in [0, 0.1) is 12.8 Å². The molecule has 1 unspecified atom stereocenters. The van der Waals surface area contributed by atoms with Crippen molar-refractivity contribution in [1.29, 1.82) is 0 Å². The standard InChI is InChI=1S/C32H35N7O4/c1-18-3-2-4-26(35-18)25-17-38(37-29(25)20-9-11-33-12-10-20)22-13-19(14-22)16-34-21-5-6-23-24(15-21)32(43)39(31(23)42)27-7-8-28(40)36-30(27)41/h2-6,15,17,19-20,22,27,33-34H,7-14,16H2,1H3,(H,36,40,41). The lowest BCUT2D eigenvalue weighted by Gasteiger charge is -2.35. The lowest BCUT2D eigenvalue weighted by molar-refractivity contribution is -0.136. The molecule has 3 N–H and O–H groups in total. The van der Waals surface area contributed by atoms with E-state index in [1.807, 2.05) is 13.0 Å². The zero-order chi connectivity index (χ0) is 29.7. The summed E-state index contributed by atoms with van der Waals surface area (Å²) in [5.74, 6) is -1.11. The van der Waals surface area contributed by atoms with Crippen molar-refractivity contribution in [3.05, 3.63) is 65.1 Å². The Balaban J connectivity index is 1.00. The van der Waals surface area contributed by atoms with Gasteiger partial charge in [0.05, 0.1) is 28.6 Å². The van der Waals surface area contributed by atoms with Crippen LogP contribution in [0.5, 0.6) is 0 Å². The number of pyridine rings is 1. The summed E-state index contributed by atoms with van der Waals surface area (Å²) >= 11 is 0. The number of rotatable bonds is 7. The number of piperidine rings is 2. The van der Waals surface area contributed by atoms with E-state index in [0.29, 0.717) is 17.9 Å². The largest absolute Gasteiger partial charge is 0.385 e. The zero-order valence-electron chi connectivity index (χ0n) is 24.1. The summed E-state index contributed by atoms with van der Waals surface area (Å²) in [6.07, 6.45) is 6.56. The van der Waals surface area contributed by atoms with E-state index in [9.17, 15) is 19.2 Å². The summed E-state index contributed by atoms with van der Waals surface area (Å²) in [7, 11) is 0. The van der Waals surface area contributed by atoms with Gasteiger partial charge in [-0.05, 0) is 88.4 Å². The third kappa shape index (κ3) is 5.11. The van der Waals surface area contributed by atoms with Gasteiger partial charge < -0.3 is 10.6 Å². The number of carbonyl (C=O) groups is 4. The number of hydrogen-bond acceptors (Lipinski definition) is 8. The van der Waals surface area contributed by atoms with Crippen molar-refractivity contribution >= 4 is 29.3 Å². The number of anilines is 1. The van der Waals surface area contributed by atoms with Gasteiger partial charge in [-0.15, -0.1) is 0 Å². The topological polar surface area (TPSA) is 138 Å². The van der Waals surface area contributed by atoms with Crippen LogP contribution in [0.4, 0.5) is 5.69 Å². The smallest absolute Gasteiger partial charge is 0.262 e. The normalized spacial score (nSPS) is 24.1. The fourth-order valence-corrected chi connectivity index (χ4v) is 6.81. The summed E-state index contributed by atoms with van der Waals surface area (Å²) < 4.78 is 2.15. The quantitative estimate of drug-likeness (QED) is 0.362. The Bertz CT molecular complexity index is 1620. The first-order chi connectivity index (χ1) is 20.9. The Hall–Kier alpha value is -4.38. The summed E-state index contributed by atoms with van der Waals surface area (Å²) in [6.45, 7) is 4.77. The van der Waals surface area contributed by atoms with Gasteiger partial charge >= 0.3 is 0 Å². The number of nitrogens with one attached hydrogen (secondary N) is 3. The molecule has 0 bridgehead atoms. The summed E-state index contributed by atoms with van der Waals surface area (Å²) in [6, 6.07) is 10.6. The van der Waals surface area contributed by atoms with E-state index < -0.39 is 23.8 Å². The Morgan fingerprint density at radius 3 is 2.51 bits per heavy atom. The van der Waals surface area contributed by atoms with E-state index in [2.05, 4.69) is 39.0 Å². The number of carbonyl (C=O) groups excluding carboxylic acids is 4. The van der Waals surface area contributed by atoms with E-state index in [1.165, 1.54) is 0 Å². The van der Waals surface area contributed by atoms with Crippen molar-refractivity contribution in [2.24, 2.45) is 5.92 Å². The van der Waals surface area contributed by atoms with E-state index in [4.69, 9.17) is 10.1 Å². The second-order valence-corrected chi connectivity index (χ2v) is 12.2. The molecular formula is C32H35N7O4. The lowest BCUT2D eigenvalue weighted by Crippen LogP contribution is -2.54. The van der Waals surface area contributed by atoms with E-state index in [0.717, 1.165) is 78.6 Å². The summed E-state index contributed by atoms with van der Waals surface area (Å²) in [5.41, 5.74) is 5.60. The first-order valence-electron chi connectivity index (χ1n) is 15.2. The zero-order valence-corrected chi connectivity index (χ0v) is 24.1. The van der Waals surface area contributed by atoms with Gasteiger partial charge in [-0.1, -0.05) is 6.07 Å². The fourth-order valence-electron chi connectivity index (χ4n) is 6.81. The van der Waals surface area contributed by atoms with Crippen molar-refractivity contribution in [3.63, 3.8) is 0 Å². The maximum Gasteiger partial charge on any atom is 0.262 e. The third-order valence-corrected chi connectivity index (χ3v) is 9.27. The number of imide groups is 2. The number of hydrogen-bond donors (Lipinski definition) is 3. The fraction of sp³-hybridized carbons (Fsp3) is 0.438. The molecule has 1 aromatic carbocycles. The highest BCUT2D eigenvalue weighted by Crippen LogP contribution is 2.41. The average molecular weight is 582 g/mol. The Labute approximate surface area is 249 Å². The van der Waals surface area contributed by atoms with Crippen molar-refractivity contribution in [2.45, 2.75) is 63.5 Å². The second-order valence-electron chi connectivity index (χ2n) is 12.2. The molecule has 7 rings (SSSR count). The van der Waals surface area contributed by atoms with Crippen LogP contribution in [0.15, 0.2) is 42.6 Å². The number of nitrogens with zero attached hydrogens (tertiary/aromatic N) is 4. The molecule has 5 heterocycles. The highest BCUT2D eigenvalue weighted by atomic mass is 16.2. The Morgan fingerprint density at radius 2 is 1.74 bits per heavy atom. The third-order valence-electron chi connectivity index (χ3n) is 9.27. The minimum absolute atomic E-state index is 0.0982. The van der Waals surface area contributed by atoms with E-state index in [1.54, 1.807) is 18.2 Å². The van der Waals surface area contributed by atoms with Gasteiger partial charge in [-0.25, -0.2) is 0 Å². The SMILES string of the molecule is Cc1cccc(-c2cn(C3CC(CNc4ccc5c(c4)C(=O)N(C4CCC(=O)NC4=O)C5=O)C3)nc2C2CCNCC2)n1. The van der Waals surface area contributed by atoms with Gasteiger partial charge in [-0.3, -0.25) is 39.1 Å². The molecule has 43 heavy (non-hydrogen) atoms. The van der Waals surface area contributed by atoms with Crippen LogP contribution in [0.25, 0.3) is 11.3 Å². The first-order valence-corrected chi connectivity index (χ1v) is 15.2. The molecule has 11 nitrogen and oxygen atoms in total. The van der Waals surface area contributed by atoms with Crippen LogP contribution < -0.4 is 16.0 Å². The number of fused-ring (bicyclic) bond motifs is 1. The molecule has 1 saturated carbocycles. The number of benzene rings is 1. The van der Waals surface area contributed by atoms with Crippen LogP contribution in [0.2, 0.25) is 0 Å². The monoisotopic (exact) mass is 581 g/mol. The minimum Gasteiger partial charge on any atom is -0.385 e. The van der Waals surface area contributed by atoms with Gasteiger partial charge in [0.2, 0.25) is 11.8 Å². The highest BCUT2D eigenvalue weighted by Gasteiger charge is 2.44. The first kappa shape index (κ1) is 27.5. The molecule has 1 atom stereocenters. The molecule has 4 amide bonds. The van der Waals surface area contributed by atoms with Crippen molar-refractivity contribution in [3.8, 4) is 11.3 Å². The molecule has 0 spiro atoms. The van der Waals surface area contributed by atoms with Crippen LogP contribution in [0.1, 0.15) is 82.6 Å². The molecule has 3 aliphatic heterocycles. The van der Waals surface area contributed by atoms with Crippen molar-refractivity contribution < 1.29 is 19.2 Å². The predicted molar refractivity (Wildman–Crippen MR) is 158 cm³/mol. The number of aryl methyl sites for hydroxylation is 1. The van der Waals surface area contributed by atoms with Crippen LogP contribution in [0.3, 0.4) is 0 Å². The van der Waals surface area contributed by atoms with Gasteiger partial charge in [0.25, 0.3) is 11.8 Å². The average Bonchev–Trinajstić information content (AvgIpc) is 3.52. The molecule has 2 saturated heterocycles. The second kappa shape index (κ2) is 11.0. The molecular weight excluding hydrogens is 546 g/mol. The van der Waals surface area contributed by atoms with Crippen LogP contribution >= 0.6 is 0 Å². The van der Waals surface area contributed by atoms with Crippen molar-refractivity contribution in [2.75, 3.05) is 25.0 Å². The Morgan fingerprint density at radius 1 is 0.953 bits per heavy atom. The molecule has 3 fully saturated rings.